The summed E-state index contributed by atoms with van der Waals surface area (Å²) in [6.45, 7) is 8.25. The zero-order valence-electron chi connectivity index (χ0n) is 12.3. The SMILES string of the molecule is CCCNC1CCCCCC1CC(C)CCC. The van der Waals surface area contributed by atoms with Crippen molar-refractivity contribution in [2.45, 2.75) is 84.6 Å². The van der Waals surface area contributed by atoms with Gasteiger partial charge in [0.25, 0.3) is 0 Å². The van der Waals surface area contributed by atoms with Gasteiger partial charge in [0, 0.05) is 6.04 Å². The van der Waals surface area contributed by atoms with Gasteiger partial charge in [0.2, 0.25) is 0 Å². The van der Waals surface area contributed by atoms with Crippen molar-refractivity contribution in [1.82, 2.24) is 5.32 Å². The van der Waals surface area contributed by atoms with Crippen molar-refractivity contribution >= 4 is 0 Å². The smallest absolute Gasteiger partial charge is 0.00954 e. The van der Waals surface area contributed by atoms with Gasteiger partial charge in [-0.15, -0.1) is 0 Å². The summed E-state index contributed by atoms with van der Waals surface area (Å²) in [5, 5.41) is 3.81. The highest BCUT2D eigenvalue weighted by Gasteiger charge is 2.24. The molecule has 3 unspecified atom stereocenters. The molecule has 0 spiro atoms. The third-order valence-electron chi connectivity index (χ3n) is 4.30. The Kier molecular flexibility index (Phi) is 7.92. The normalized spacial score (nSPS) is 27.7. The van der Waals surface area contributed by atoms with E-state index in [1.165, 1.54) is 64.3 Å². The second-order valence-electron chi connectivity index (χ2n) is 6.09. The zero-order chi connectivity index (χ0) is 12.5. The van der Waals surface area contributed by atoms with Gasteiger partial charge in [-0.1, -0.05) is 52.9 Å². The van der Waals surface area contributed by atoms with Crippen LogP contribution in [0.4, 0.5) is 0 Å². The van der Waals surface area contributed by atoms with Crippen LogP contribution in [-0.4, -0.2) is 12.6 Å². The molecule has 102 valence electrons. The molecule has 1 N–H and O–H groups in total. The van der Waals surface area contributed by atoms with Crippen LogP contribution in [0.1, 0.15) is 78.6 Å². The van der Waals surface area contributed by atoms with E-state index in [9.17, 15) is 0 Å². The van der Waals surface area contributed by atoms with E-state index >= 15 is 0 Å². The van der Waals surface area contributed by atoms with Gasteiger partial charge in [0.05, 0.1) is 0 Å². The Morgan fingerprint density at radius 1 is 1.06 bits per heavy atom. The Balaban J connectivity index is 2.43. The van der Waals surface area contributed by atoms with Gasteiger partial charge in [-0.25, -0.2) is 0 Å². The highest BCUT2D eigenvalue weighted by atomic mass is 14.9. The van der Waals surface area contributed by atoms with Gasteiger partial charge >= 0.3 is 0 Å². The first-order valence-electron chi connectivity index (χ1n) is 8.01. The van der Waals surface area contributed by atoms with Gasteiger partial charge in [-0.2, -0.15) is 0 Å². The van der Waals surface area contributed by atoms with Crippen LogP contribution >= 0.6 is 0 Å². The Bertz CT molecular complexity index is 178. The van der Waals surface area contributed by atoms with Crippen LogP contribution in [0.15, 0.2) is 0 Å². The number of hydrogen-bond acceptors (Lipinski definition) is 1. The van der Waals surface area contributed by atoms with Crippen molar-refractivity contribution in [1.29, 1.82) is 0 Å². The van der Waals surface area contributed by atoms with Crippen LogP contribution in [0.25, 0.3) is 0 Å². The highest BCUT2D eigenvalue weighted by molar-refractivity contribution is 4.80. The molecule has 1 aliphatic carbocycles. The average molecular weight is 239 g/mol. The predicted molar refractivity (Wildman–Crippen MR) is 77.3 cm³/mol. The summed E-state index contributed by atoms with van der Waals surface area (Å²) in [6.07, 6.45) is 12.7. The van der Waals surface area contributed by atoms with Crippen LogP contribution in [-0.2, 0) is 0 Å². The molecule has 0 heterocycles. The van der Waals surface area contributed by atoms with E-state index in [1.54, 1.807) is 0 Å². The van der Waals surface area contributed by atoms with Crippen molar-refractivity contribution < 1.29 is 0 Å². The Morgan fingerprint density at radius 3 is 2.53 bits per heavy atom. The lowest BCUT2D eigenvalue weighted by Gasteiger charge is -2.28. The summed E-state index contributed by atoms with van der Waals surface area (Å²) in [6, 6.07) is 0.816. The lowest BCUT2D eigenvalue weighted by molar-refractivity contribution is 0.272. The van der Waals surface area contributed by atoms with E-state index in [0.29, 0.717) is 0 Å². The first-order chi connectivity index (χ1) is 8.27. The standard InChI is InChI=1S/C16H33N/c1-4-9-14(3)13-15-10-7-6-8-11-16(15)17-12-5-2/h14-17H,4-13H2,1-3H3. The molecular weight excluding hydrogens is 206 g/mol. The monoisotopic (exact) mass is 239 g/mol. The Hall–Kier alpha value is -0.0400. The van der Waals surface area contributed by atoms with Crippen LogP contribution in [0.2, 0.25) is 0 Å². The van der Waals surface area contributed by atoms with Crippen LogP contribution < -0.4 is 5.32 Å². The zero-order valence-corrected chi connectivity index (χ0v) is 12.3. The number of hydrogen-bond donors (Lipinski definition) is 1. The average Bonchev–Trinajstić information content (AvgIpc) is 2.52. The number of rotatable bonds is 7. The van der Waals surface area contributed by atoms with E-state index < -0.39 is 0 Å². The summed E-state index contributed by atoms with van der Waals surface area (Å²) in [5.41, 5.74) is 0. The minimum Gasteiger partial charge on any atom is -0.314 e. The molecule has 1 nitrogen and oxygen atoms in total. The quantitative estimate of drug-likeness (QED) is 0.632. The van der Waals surface area contributed by atoms with Gasteiger partial charge in [-0.05, 0) is 44.1 Å². The Morgan fingerprint density at radius 2 is 1.82 bits per heavy atom. The summed E-state index contributed by atoms with van der Waals surface area (Å²) in [7, 11) is 0. The molecule has 0 aliphatic heterocycles. The molecule has 0 radical (unpaired) electrons. The topological polar surface area (TPSA) is 12.0 Å². The predicted octanol–water partition coefficient (Wildman–Crippen LogP) is 4.76. The molecule has 1 aliphatic rings. The molecule has 1 fully saturated rings. The first kappa shape index (κ1) is 15.0. The highest BCUT2D eigenvalue weighted by Crippen LogP contribution is 2.30. The van der Waals surface area contributed by atoms with Gasteiger partial charge < -0.3 is 5.32 Å². The van der Waals surface area contributed by atoms with Crippen LogP contribution in [0.5, 0.6) is 0 Å². The molecule has 1 rings (SSSR count). The minimum atomic E-state index is 0.816. The fraction of sp³-hybridized carbons (Fsp3) is 1.00. The maximum absolute atomic E-state index is 3.81. The molecule has 17 heavy (non-hydrogen) atoms. The van der Waals surface area contributed by atoms with Crippen LogP contribution in [0.3, 0.4) is 0 Å². The maximum Gasteiger partial charge on any atom is 0.00954 e. The maximum atomic E-state index is 3.81. The molecule has 3 atom stereocenters. The summed E-state index contributed by atoms with van der Waals surface area (Å²) in [5.74, 6) is 1.87. The van der Waals surface area contributed by atoms with Gasteiger partial charge in [0.15, 0.2) is 0 Å². The van der Waals surface area contributed by atoms with E-state index in [0.717, 1.165) is 17.9 Å². The summed E-state index contributed by atoms with van der Waals surface area (Å²) < 4.78 is 0. The fourth-order valence-electron chi connectivity index (χ4n) is 3.39. The second kappa shape index (κ2) is 8.97. The lowest BCUT2D eigenvalue weighted by Crippen LogP contribution is -2.36. The molecule has 0 saturated heterocycles. The molecule has 0 bridgehead atoms. The van der Waals surface area contributed by atoms with Gasteiger partial charge in [-0.3, -0.25) is 0 Å². The third kappa shape index (κ3) is 5.90. The van der Waals surface area contributed by atoms with Crippen molar-refractivity contribution in [3.8, 4) is 0 Å². The third-order valence-corrected chi connectivity index (χ3v) is 4.30. The first-order valence-corrected chi connectivity index (χ1v) is 8.01. The van der Waals surface area contributed by atoms with E-state index in [-0.39, 0.29) is 0 Å². The molecule has 1 saturated carbocycles. The largest absolute Gasteiger partial charge is 0.314 e. The summed E-state index contributed by atoms with van der Waals surface area (Å²) >= 11 is 0. The van der Waals surface area contributed by atoms with Crippen molar-refractivity contribution in [2.24, 2.45) is 11.8 Å². The van der Waals surface area contributed by atoms with Crippen LogP contribution in [0, 0.1) is 11.8 Å². The van der Waals surface area contributed by atoms with E-state index in [4.69, 9.17) is 0 Å². The van der Waals surface area contributed by atoms with E-state index in [2.05, 4.69) is 26.1 Å². The molecule has 0 amide bonds. The van der Waals surface area contributed by atoms with Crippen molar-refractivity contribution in [3.63, 3.8) is 0 Å². The molecular formula is C16H33N. The van der Waals surface area contributed by atoms with Crippen molar-refractivity contribution in [3.05, 3.63) is 0 Å². The molecule has 0 aromatic carbocycles. The number of nitrogens with one attached hydrogen (secondary N) is 1. The molecule has 0 aromatic rings. The second-order valence-corrected chi connectivity index (χ2v) is 6.09. The van der Waals surface area contributed by atoms with E-state index in [1.807, 2.05) is 0 Å². The van der Waals surface area contributed by atoms with Gasteiger partial charge in [0.1, 0.15) is 0 Å². The fourth-order valence-corrected chi connectivity index (χ4v) is 3.39. The summed E-state index contributed by atoms with van der Waals surface area (Å²) in [4.78, 5) is 0. The van der Waals surface area contributed by atoms with Crippen molar-refractivity contribution in [2.75, 3.05) is 6.54 Å². The Labute approximate surface area is 109 Å². The molecule has 1 heteroatoms. The molecule has 0 aromatic heterocycles. The lowest BCUT2D eigenvalue weighted by atomic mass is 9.84. The minimum absolute atomic E-state index is 0.816.